The van der Waals surface area contributed by atoms with Gasteiger partial charge in [0.25, 0.3) is 0 Å². The van der Waals surface area contributed by atoms with E-state index in [0.717, 1.165) is 18.8 Å². The highest BCUT2D eigenvalue weighted by molar-refractivity contribution is 5.52. The third-order valence-electron chi connectivity index (χ3n) is 3.20. The second-order valence-electron chi connectivity index (χ2n) is 4.46. The van der Waals surface area contributed by atoms with Crippen LogP contribution in [0.5, 0.6) is 17.2 Å². The number of hydrogen-bond acceptors (Lipinski definition) is 5. The monoisotopic (exact) mass is 267 g/mol. The molecule has 1 N–H and O–H groups in total. The fourth-order valence-electron chi connectivity index (χ4n) is 2.17. The van der Waals surface area contributed by atoms with Gasteiger partial charge in [-0.1, -0.05) is 13.0 Å². The number of rotatable bonds is 6. The molecule has 0 fully saturated rings. The zero-order valence-corrected chi connectivity index (χ0v) is 11.5. The van der Waals surface area contributed by atoms with E-state index >= 15 is 0 Å². The Bertz CT molecular complexity index is 396. The summed E-state index contributed by atoms with van der Waals surface area (Å²) in [5.41, 5.74) is 0. The summed E-state index contributed by atoms with van der Waals surface area (Å²) in [6, 6.07) is 5.61. The Morgan fingerprint density at radius 2 is 2.32 bits per heavy atom. The normalized spacial score (nSPS) is 17.6. The van der Waals surface area contributed by atoms with E-state index in [1.165, 1.54) is 0 Å². The first-order valence-electron chi connectivity index (χ1n) is 6.58. The highest BCUT2D eigenvalue weighted by atomic mass is 16.6. The summed E-state index contributed by atoms with van der Waals surface area (Å²) in [5, 5.41) is 9.00. The van der Waals surface area contributed by atoms with E-state index in [4.69, 9.17) is 19.3 Å². The summed E-state index contributed by atoms with van der Waals surface area (Å²) in [6.07, 6.45) is -0.0460. The maximum absolute atomic E-state index is 9.00. The van der Waals surface area contributed by atoms with Gasteiger partial charge in [0, 0.05) is 13.1 Å². The van der Waals surface area contributed by atoms with Crippen molar-refractivity contribution < 1.29 is 19.3 Å². The SMILES string of the molecule is CCN(CCO)CC1COc2cccc(OC)c2O1. The lowest BCUT2D eigenvalue weighted by molar-refractivity contribution is 0.0525. The predicted molar refractivity (Wildman–Crippen MR) is 72.1 cm³/mol. The molecule has 0 saturated heterocycles. The summed E-state index contributed by atoms with van der Waals surface area (Å²) in [5.74, 6) is 2.08. The molecule has 1 atom stereocenters. The van der Waals surface area contributed by atoms with Crippen molar-refractivity contribution in [3.05, 3.63) is 18.2 Å². The Kier molecular flexibility index (Phi) is 4.87. The molecule has 1 aliphatic heterocycles. The molecular weight excluding hydrogens is 246 g/mol. The van der Waals surface area contributed by atoms with Gasteiger partial charge in [0.1, 0.15) is 12.7 Å². The first kappa shape index (κ1) is 14.0. The fourth-order valence-corrected chi connectivity index (χ4v) is 2.17. The zero-order chi connectivity index (χ0) is 13.7. The van der Waals surface area contributed by atoms with Crippen LogP contribution in [0.3, 0.4) is 0 Å². The highest BCUT2D eigenvalue weighted by Crippen LogP contribution is 2.40. The van der Waals surface area contributed by atoms with Crippen LogP contribution in [0.2, 0.25) is 0 Å². The van der Waals surface area contributed by atoms with Gasteiger partial charge < -0.3 is 19.3 Å². The summed E-state index contributed by atoms with van der Waals surface area (Å²) in [7, 11) is 1.62. The van der Waals surface area contributed by atoms with E-state index in [1.54, 1.807) is 7.11 Å². The van der Waals surface area contributed by atoms with E-state index in [-0.39, 0.29) is 12.7 Å². The number of benzene rings is 1. The Balaban J connectivity index is 2.04. The first-order valence-corrected chi connectivity index (χ1v) is 6.58. The topological polar surface area (TPSA) is 51.2 Å². The average molecular weight is 267 g/mol. The second-order valence-corrected chi connectivity index (χ2v) is 4.46. The summed E-state index contributed by atoms with van der Waals surface area (Å²) >= 11 is 0. The molecule has 19 heavy (non-hydrogen) atoms. The molecule has 0 radical (unpaired) electrons. The minimum absolute atomic E-state index is 0.0460. The number of para-hydroxylation sites is 1. The molecule has 2 rings (SSSR count). The average Bonchev–Trinajstić information content (AvgIpc) is 2.46. The molecule has 1 aromatic carbocycles. The van der Waals surface area contributed by atoms with Crippen LogP contribution in [0.1, 0.15) is 6.92 Å². The number of nitrogens with zero attached hydrogens (tertiary/aromatic N) is 1. The fraction of sp³-hybridized carbons (Fsp3) is 0.571. The number of aliphatic hydroxyl groups is 1. The lowest BCUT2D eigenvalue weighted by Crippen LogP contribution is -2.42. The van der Waals surface area contributed by atoms with Gasteiger partial charge in [0.15, 0.2) is 11.5 Å². The lowest BCUT2D eigenvalue weighted by atomic mass is 10.2. The van der Waals surface area contributed by atoms with Gasteiger partial charge in [-0.3, -0.25) is 4.90 Å². The maximum atomic E-state index is 9.00. The van der Waals surface area contributed by atoms with Crippen LogP contribution >= 0.6 is 0 Å². The summed E-state index contributed by atoms with van der Waals surface area (Å²) < 4.78 is 16.9. The molecule has 5 heteroatoms. The van der Waals surface area contributed by atoms with E-state index in [2.05, 4.69) is 11.8 Å². The molecule has 0 spiro atoms. The van der Waals surface area contributed by atoms with Crippen molar-refractivity contribution in [3.8, 4) is 17.2 Å². The van der Waals surface area contributed by atoms with Crippen LogP contribution in [0.25, 0.3) is 0 Å². The maximum Gasteiger partial charge on any atom is 0.204 e. The number of fused-ring (bicyclic) bond motifs is 1. The minimum Gasteiger partial charge on any atom is -0.493 e. The molecule has 0 bridgehead atoms. The van der Waals surface area contributed by atoms with Crippen molar-refractivity contribution in [2.24, 2.45) is 0 Å². The van der Waals surface area contributed by atoms with Gasteiger partial charge in [-0.2, -0.15) is 0 Å². The minimum atomic E-state index is -0.0460. The molecule has 0 aromatic heterocycles. The number of likely N-dealkylation sites (N-methyl/N-ethyl adjacent to an activating group) is 1. The van der Waals surface area contributed by atoms with Crippen molar-refractivity contribution in [3.63, 3.8) is 0 Å². The molecule has 1 aliphatic rings. The highest BCUT2D eigenvalue weighted by Gasteiger charge is 2.25. The Morgan fingerprint density at radius 1 is 1.47 bits per heavy atom. The molecule has 1 aromatic rings. The Morgan fingerprint density at radius 3 is 3.00 bits per heavy atom. The van der Waals surface area contributed by atoms with Gasteiger partial charge in [-0.05, 0) is 18.7 Å². The molecule has 0 saturated carbocycles. The van der Waals surface area contributed by atoms with E-state index in [0.29, 0.717) is 24.7 Å². The molecule has 106 valence electrons. The van der Waals surface area contributed by atoms with Crippen LogP contribution in [-0.2, 0) is 0 Å². The van der Waals surface area contributed by atoms with Gasteiger partial charge in [0.05, 0.1) is 13.7 Å². The van der Waals surface area contributed by atoms with E-state index in [1.807, 2.05) is 18.2 Å². The Hall–Kier alpha value is -1.46. The molecule has 5 nitrogen and oxygen atoms in total. The van der Waals surface area contributed by atoms with Gasteiger partial charge in [0.2, 0.25) is 5.75 Å². The third-order valence-corrected chi connectivity index (χ3v) is 3.20. The van der Waals surface area contributed by atoms with Crippen LogP contribution in [0, 0.1) is 0 Å². The van der Waals surface area contributed by atoms with Gasteiger partial charge in [-0.15, -0.1) is 0 Å². The zero-order valence-electron chi connectivity index (χ0n) is 11.5. The largest absolute Gasteiger partial charge is 0.493 e. The van der Waals surface area contributed by atoms with Crippen molar-refractivity contribution in [1.29, 1.82) is 0 Å². The lowest BCUT2D eigenvalue weighted by Gasteiger charge is -2.31. The molecular formula is C14H21NO4. The van der Waals surface area contributed by atoms with E-state index < -0.39 is 0 Å². The second kappa shape index (κ2) is 6.63. The quantitative estimate of drug-likeness (QED) is 0.838. The summed E-state index contributed by atoms with van der Waals surface area (Å²) in [6.45, 7) is 4.99. The van der Waals surface area contributed by atoms with Crippen molar-refractivity contribution in [2.75, 3.05) is 40.0 Å². The van der Waals surface area contributed by atoms with Crippen LogP contribution in [-0.4, -0.2) is 56.1 Å². The van der Waals surface area contributed by atoms with Gasteiger partial charge in [-0.25, -0.2) is 0 Å². The van der Waals surface area contributed by atoms with Crippen LogP contribution in [0.15, 0.2) is 18.2 Å². The Labute approximate surface area is 113 Å². The van der Waals surface area contributed by atoms with Crippen molar-refractivity contribution >= 4 is 0 Å². The third kappa shape index (κ3) is 3.30. The molecule has 0 amide bonds. The number of aliphatic hydroxyl groups excluding tert-OH is 1. The number of ether oxygens (including phenoxy) is 3. The smallest absolute Gasteiger partial charge is 0.204 e. The number of hydrogen-bond donors (Lipinski definition) is 1. The molecule has 1 unspecified atom stereocenters. The summed E-state index contributed by atoms with van der Waals surface area (Å²) in [4.78, 5) is 2.13. The van der Waals surface area contributed by atoms with Crippen LogP contribution < -0.4 is 14.2 Å². The molecule has 1 heterocycles. The first-order chi connectivity index (χ1) is 9.28. The standard InChI is InChI=1S/C14H21NO4/c1-3-15(7-8-16)9-11-10-18-13-6-4-5-12(17-2)14(13)19-11/h4-6,11,16H,3,7-10H2,1-2H3. The van der Waals surface area contributed by atoms with Crippen molar-refractivity contribution in [1.82, 2.24) is 4.90 Å². The molecule has 0 aliphatic carbocycles. The van der Waals surface area contributed by atoms with Crippen LogP contribution in [0.4, 0.5) is 0 Å². The van der Waals surface area contributed by atoms with Crippen molar-refractivity contribution in [2.45, 2.75) is 13.0 Å². The predicted octanol–water partition coefficient (Wildman–Crippen LogP) is 1.15. The van der Waals surface area contributed by atoms with Gasteiger partial charge >= 0.3 is 0 Å². The number of methoxy groups -OCH3 is 1. The van der Waals surface area contributed by atoms with E-state index in [9.17, 15) is 0 Å².